The standard InChI is InChI=1S/C18H18N4O3/c1-5-21-13-8-6-7-9-14(13)22-16(21)12(10-19)15(11(2)17(22)23)25-18(24)20(3)4/h6-9H,5H2,1-4H3. The lowest BCUT2D eigenvalue weighted by atomic mass is 10.2. The Kier molecular flexibility index (Phi) is 3.97. The summed E-state index contributed by atoms with van der Waals surface area (Å²) in [7, 11) is 3.08. The van der Waals surface area contributed by atoms with Crippen molar-refractivity contribution in [2.24, 2.45) is 0 Å². The zero-order valence-electron chi connectivity index (χ0n) is 14.5. The molecule has 0 N–H and O–H groups in total. The second kappa shape index (κ2) is 5.98. The van der Waals surface area contributed by atoms with Crippen LogP contribution in [-0.2, 0) is 6.54 Å². The van der Waals surface area contributed by atoms with Crippen molar-refractivity contribution in [3.8, 4) is 11.8 Å². The number of benzene rings is 1. The van der Waals surface area contributed by atoms with Gasteiger partial charge in [0.25, 0.3) is 5.56 Å². The Morgan fingerprint density at radius 2 is 1.92 bits per heavy atom. The van der Waals surface area contributed by atoms with Crippen LogP contribution in [0.1, 0.15) is 18.1 Å². The first-order valence-corrected chi connectivity index (χ1v) is 7.88. The van der Waals surface area contributed by atoms with Crippen LogP contribution in [0.25, 0.3) is 16.7 Å². The Morgan fingerprint density at radius 1 is 1.28 bits per heavy atom. The molecule has 0 aliphatic rings. The number of nitrogens with zero attached hydrogens (tertiary/aromatic N) is 4. The maximum Gasteiger partial charge on any atom is 0.414 e. The molecule has 128 valence electrons. The molecule has 7 nitrogen and oxygen atoms in total. The number of para-hydroxylation sites is 2. The van der Waals surface area contributed by atoms with Crippen molar-refractivity contribution in [3.05, 3.63) is 45.7 Å². The van der Waals surface area contributed by atoms with Gasteiger partial charge in [0, 0.05) is 20.6 Å². The van der Waals surface area contributed by atoms with Crippen LogP contribution in [0.5, 0.6) is 5.75 Å². The van der Waals surface area contributed by atoms with E-state index in [0.29, 0.717) is 12.2 Å². The van der Waals surface area contributed by atoms with Crippen molar-refractivity contribution >= 4 is 22.8 Å². The van der Waals surface area contributed by atoms with Crippen molar-refractivity contribution in [1.29, 1.82) is 5.26 Å². The largest absolute Gasteiger partial charge is 0.414 e. The summed E-state index contributed by atoms with van der Waals surface area (Å²) in [6.07, 6.45) is -0.637. The highest BCUT2D eigenvalue weighted by Gasteiger charge is 2.24. The van der Waals surface area contributed by atoms with Gasteiger partial charge < -0.3 is 14.2 Å². The smallest absolute Gasteiger partial charge is 0.408 e. The van der Waals surface area contributed by atoms with Gasteiger partial charge in [-0.2, -0.15) is 5.26 Å². The average Bonchev–Trinajstić information content (AvgIpc) is 2.93. The lowest BCUT2D eigenvalue weighted by molar-refractivity contribution is 0.171. The van der Waals surface area contributed by atoms with Crippen LogP contribution >= 0.6 is 0 Å². The molecule has 2 aromatic heterocycles. The molecule has 0 aliphatic heterocycles. The molecule has 0 aliphatic carbocycles. The van der Waals surface area contributed by atoms with Crippen molar-refractivity contribution in [1.82, 2.24) is 13.9 Å². The molecule has 1 aromatic carbocycles. The minimum absolute atomic E-state index is 0.0173. The van der Waals surface area contributed by atoms with Gasteiger partial charge in [-0.05, 0) is 26.0 Å². The lowest BCUT2D eigenvalue weighted by Gasteiger charge is -2.14. The molecule has 7 heteroatoms. The number of amides is 1. The third kappa shape index (κ3) is 2.34. The number of pyridine rings is 1. The molecule has 0 saturated heterocycles. The molecule has 1 amide bonds. The van der Waals surface area contributed by atoms with Crippen molar-refractivity contribution in [2.45, 2.75) is 20.4 Å². The van der Waals surface area contributed by atoms with E-state index in [1.807, 2.05) is 35.8 Å². The minimum atomic E-state index is -0.637. The normalized spacial score (nSPS) is 10.8. The first-order chi connectivity index (χ1) is 11.9. The van der Waals surface area contributed by atoms with E-state index in [9.17, 15) is 14.9 Å². The summed E-state index contributed by atoms with van der Waals surface area (Å²) in [5.41, 5.74) is 2.08. The SMILES string of the molecule is CCn1c2ccccc2n2c(=O)c(C)c(OC(=O)N(C)C)c(C#N)c12. The van der Waals surface area contributed by atoms with Crippen LogP contribution in [0.4, 0.5) is 4.79 Å². The summed E-state index contributed by atoms with van der Waals surface area (Å²) >= 11 is 0. The van der Waals surface area contributed by atoms with Gasteiger partial charge >= 0.3 is 6.09 Å². The number of aryl methyl sites for hydroxylation is 1. The summed E-state index contributed by atoms with van der Waals surface area (Å²) in [5.74, 6) is 0.0173. The van der Waals surface area contributed by atoms with Crippen LogP contribution in [0.3, 0.4) is 0 Å². The maximum atomic E-state index is 12.9. The fourth-order valence-electron chi connectivity index (χ4n) is 2.96. The Hall–Kier alpha value is -3.27. The third-order valence-corrected chi connectivity index (χ3v) is 4.18. The van der Waals surface area contributed by atoms with Crippen LogP contribution in [-0.4, -0.2) is 34.1 Å². The number of carbonyl (C=O) groups is 1. The predicted octanol–water partition coefficient (Wildman–Crippen LogP) is 2.51. The minimum Gasteiger partial charge on any atom is -0.408 e. The highest BCUT2D eigenvalue weighted by atomic mass is 16.6. The van der Waals surface area contributed by atoms with E-state index in [2.05, 4.69) is 6.07 Å². The summed E-state index contributed by atoms with van der Waals surface area (Å²) in [5, 5.41) is 9.74. The van der Waals surface area contributed by atoms with E-state index < -0.39 is 6.09 Å². The number of imidazole rings is 1. The molecule has 0 unspecified atom stereocenters. The van der Waals surface area contributed by atoms with Crippen LogP contribution in [0, 0.1) is 18.3 Å². The molecule has 0 spiro atoms. The molecule has 3 rings (SSSR count). The van der Waals surface area contributed by atoms with E-state index in [0.717, 1.165) is 11.0 Å². The van der Waals surface area contributed by atoms with Crippen molar-refractivity contribution in [3.63, 3.8) is 0 Å². The number of ether oxygens (including phenoxy) is 1. The highest BCUT2D eigenvalue weighted by Crippen LogP contribution is 2.29. The van der Waals surface area contributed by atoms with E-state index in [1.165, 1.54) is 23.4 Å². The molecule has 0 atom stereocenters. The van der Waals surface area contributed by atoms with Gasteiger partial charge in [0.05, 0.1) is 16.6 Å². The first-order valence-electron chi connectivity index (χ1n) is 7.88. The maximum absolute atomic E-state index is 12.9. The second-order valence-corrected chi connectivity index (χ2v) is 5.90. The summed E-state index contributed by atoms with van der Waals surface area (Å²) in [6.45, 7) is 4.06. The van der Waals surface area contributed by atoms with Gasteiger partial charge in [0.15, 0.2) is 5.75 Å². The fourth-order valence-corrected chi connectivity index (χ4v) is 2.96. The quantitative estimate of drug-likeness (QED) is 0.719. The Morgan fingerprint density at radius 3 is 2.48 bits per heavy atom. The molecular weight excluding hydrogens is 320 g/mol. The lowest BCUT2D eigenvalue weighted by Crippen LogP contribution is -2.28. The van der Waals surface area contributed by atoms with Crippen LogP contribution in [0.15, 0.2) is 29.1 Å². The topological polar surface area (TPSA) is 79.7 Å². The molecule has 0 fully saturated rings. The highest BCUT2D eigenvalue weighted by molar-refractivity contribution is 5.85. The Balaban J connectivity index is 2.51. The molecule has 0 saturated carbocycles. The number of rotatable bonds is 2. The van der Waals surface area contributed by atoms with Crippen LogP contribution < -0.4 is 10.3 Å². The average molecular weight is 338 g/mol. The zero-order chi connectivity index (χ0) is 18.3. The monoisotopic (exact) mass is 338 g/mol. The first kappa shape index (κ1) is 16.6. The fraction of sp³-hybridized carbons (Fsp3) is 0.278. The van der Waals surface area contributed by atoms with Crippen molar-refractivity contribution < 1.29 is 9.53 Å². The summed E-state index contributed by atoms with van der Waals surface area (Å²) in [4.78, 5) is 26.2. The van der Waals surface area contributed by atoms with Gasteiger partial charge in [0.1, 0.15) is 17.3 Å². The number of nitriles is 1. The summed E-state index contributed by atoms with van der Waals surface area (Å²) < 4.78 is 8.74. The number of hydrogen-bond acceptors (Lipinski definition) is 4. The van der Waals surface area contributed by atoms with Gasteiger partial charge in [-0.1, -0.05) is 12.1 Å². The Bertz CT molecular complexity index is 1100. The van der Waals surface area contributed by atoms with Crippen molar-refractivity contribution in [2.75, 3.05) is 14.1 Å². The van der Waals surface area contributed by atoms with Gasteiger partial charge in [-0.3, -0.25) is 9.20 Å². The molecular formula is C18H18N4O3. The van der Waals surface area contributed by atoms with Gasteiger partial charge in [-0.25, -0.2) is 4.79 Å². The van der Waals surface area contributed by atoms with E-state index in [-0.39, 0.29) is 22.4 Å². The number of aromatic nitrogens is 2. The van der Waals surface area contributed by atoms with Crippen LogP contribution in [0.2, 0.25) is 0 Å². The second-order valence-electron chi connectivity index (χ2n) is 5.90. The predicted molar refractivity (Wildman–Crippen MR) is 94.0 cm³/mol. The molecule has 0 radical (unpaired) electrons. The molecule has 0 bridgehead atoms. The summed E-state index contributed by atoms with van der Waals surface area (Å²) in [6, 6.07) is 9.56. The molecule has 3 aromatic rings. The van der Waals surface area contributed by atoms with E-state index in [4.69, 9.17) is 4.74 Å². The van der Waals surface area contributed by atoms with Gasteiger partial charge in [-0.15, -0.1) is 0 Å². The molecule has 2 heterocycles. The third-order valence-electron chi connectivity index (χ3n) is 4.18. The number of hydrogen-bond donors (Lipinski definition) is 0. The number of carbonyl (C=O) groups excluding carboxylic acids is 1. The van der Waals surface area contributed by atoms with E-state index >= 15 is 0 Å². The Labute approximate surface area is 144 Å². The van der Waals surface area contributed by atoms with Gasteiger partial charge in [0.2, 0.25) is 0 Å². The van der Waals surface area contributed by atoms with E-state index in [1.54, 1.807) is 6.92 Å². The molecule has 25 heavy (non-hydrogen) atoms. The zero-order valence-corrected chi connectivity index (χ0v) is 14.5. The number of fused-ring (bicyclic) bond motifs is 3.